The first-order chi connectivity index (χ1) is 12.0. The van der Waals surface area contributed by atoms with E-state index in [0.717, 1.165) is 25.0 Å². The molecule has 2 atom stereocenters. The summed E-state index contributed by atoms with van der Waals surface area (Å²) >= 11 is 7.32. The summed E-state index contributed by atoms with van der Waals surface area (Å²) in [6.45, 7) is 6.57. The zero-order valence-electron chi connectivity index (χ0n) is 16.4. The van der Waals surface area contributed by atoms with Crippen molar-refractivity contribution in [2.24, 2.45) is 11.1 Å². The fourth-order valence-corrected chi connectivity index (χ4v) is 4.07. The molecule has 0 aromatic heterocycles. The van der Waals surface area contributed by atoms with Crippen LogP contribution in [0.15, 0.2) is 28.1 Å². The summed E-state index contributed by atoms with van der Waals surface area (Å²) < 4.78 is 0. The molecule has 0 aromatic carbocycles. The molecule has 26 heavy (non-hydrogen) atoms. The third-order valence-electron chi connectivity index (χ3n) is 4.11. The summed E-state index contributed by atoms with van der Waals surface area (Å²) in [7, 11) is 0. The maximum atomic E-state index is 12.6. The molecule has 0 saturated carbocycles. The zero-order valence-corrected chi connectivity index (χ0v) is 18.0. The van der Waals surface area contributed by atoms with Gasteiger partial charge in [-0.2, -0.15) is 11.8 Å². The SMILES string of the molecule is CCCCC(=NOC/C=C/Cl)C1=C([O-])CC(CC(C)SCC)CC1=O.[Li+]. The van der Waals surface area contributed by atoms with Crippen molar-refractivity contribution in [1.82, 2.24) is 0 Å². The van der Waals surface area contributed by atoms with Crippen LogP contribution in [0.1, 0.15) is 59.3 Å². The fraction of sp³-hybridized carbons (Fsp3) is 0.684. The molecule has 1 rings (SSSR count). The van der Waals surface area contributed by atoms with E-state index in [1.807, 2.05) is 11.8 Å². The van der Waals surface area contributed by atoms with Crippen LogP contribution in [0.2, 0.25) is 0 Å². The molecule has 1 aliphatic carbocycles. The molecule has 7 heteroatoms. The molecular weight excluding hydrogens is 365 g/mol. The van der Waals surface area contributed by atoms with Gasteiger partial charge in [-0.15, -0.1) is 5.76 Å². The first-order valence-electron chi connectivity index (χ1n) is 9.02. The van der Waals surface area contributed by atoms with Gasteiger partial charge in [0, 0.05) is 22.8 Å². The van der Waals surface area contributed by atoms with E-state index in [1.165, 1.54) is 5.54 Å². The van der Waals surface area contributed by atoms with Crippen LogP contribution in [0.3, 0.4) is 0 Å². The molecule has 0 aromatic rings. The van der Waals surface area contributed by atoms with E-state index in [1.54, 1.807) is 6.08 Å². The van der Waals surface area contributed by atoms with Gasteiger partial charge in [-0.25, -0.2) is 0 Å². The smallest absolute Gasteiger partial charge is 0.875 e. The van der Waals surface area contributed by atoms with Gasteiger partial charge < -0.3 is 9.94 Å². The van der Waals surface area contributed by atoms with Crippen molar-refractivity contribution in [1.29, 1.82) is 0 Å². The van der Waals surface area contributed by atoms with Crippen LogP contribution in [-0.2, 0) is 9.63 Å². The summed E-state index contributed by atoms with van der Waals surface area (Å²) in [5.74, 6) is 1.03. The zero-order chi connectivity index (χ0) is 18.7. The van der Waals surface area contributed by atoms with Gasteiger partial charge in [-0.1, -0.05) is 43.9 Å². The van der Waals surface area contributed by atoms with Gasteiger partial charge >= 0.3 is 18.9 Å². The molecular formula is C19H29ClLiNO3S. The van der Waals surface area contributed by atoms with E-state index < -0.39 is 0 Å². The van der Waals surface area contributed by atoms with Crippen molar-refractivity contribution in [2.75, 3.05) is 12.4 Å². The Morgan fingerprint density at radius 2 is 2.19 bits per heavy atom. The van der Waals surface area contributed by atoms with Crippen LogP contribution >= 0.6 is 23.4 Å². The normalized spacial score (nSPS) is 19.6. The second-order valence-corrected chi connectivity index (χ2v) is 8.26. The third kappa shape index (κ3) is 9.04. The van der Waals surface area contributed by atoms with Gasteiger partial charge in [0.25, 0.3) is 0 Å². The predicted octanol–water partition coefficient (Wildman–Crippen LogP) is 1.43. The first-order valence-corrected chi connectivity index (χ1v) is 10.5. The van der Waals surface area contributed by atoms with Gasteiger partial charge in [-0.05, 0) is 43.4 Å². The average Bonchev–Trinajstić information content (AvgIpc) is 2.55. The van der Waals surface area contributed by atoms with Gasteiger partial charge in [0.05, 0.1) is 5.71 Å². The molecule has 2 unspecified atom stereocenters. The largest absolute Gasteiger partial charge is 1.00 e. The molecule has 0 N–H and O–H groups in total. The Labute approximate surface area is 179 Å². The number of rotatable bonds is 11. The number of unbranched alkanes of at least 4 members (excludes halogenated alkanes) is 1. The summed E-state index contributed by atoms with van der Waals surface area (Å²) in [6.07, 6.45) is 5.80. The van der Waals surface area contributed by atoms with Gasteiger partial charge in [0.15, 0.2) is 5.78 Å². The van der Waals surface area contributed by atoms with Crippen molar-refractivity contribution in [2.45, 2.75) is 64.5 Å². The van der Waals surface area contributed by atoms with Crippen molar-refractivity contribution in [3.63, 3.8) is 0 Å². The topological polar surface area (TPSA) is 61.7 Å². The maximum absolute atomic E-state index is 12.6. The van der Waals surface area contributed by atoms with E-state index in [-0.39, 0.29) is 48.5 Å². The Balaban J connectivity index is 0.00000625. The number of thioether (sulfide) groups is 1. The van der Waals surface area contributed by atoms with Crippen LogP contribution in [-0.4, -0.2) is 29.1 Å². The monoisotopic (exact) mass is 393 g/mol. The Hall–Kier alpha value is -0.343. The predicted molar refractivity (Wildman–Crippen MR) is 105 cm³/mol. The van der Waals surface area contributed by atoms with E-state index in [9.17, 15) is 9.90 Å². The van der Waals surface area contributed by atoms with E-state index >= 15 is 0 Å². The van der Waals surface area contributed by atoms with Crippen LogP contribution < -0.4 is 24.0 Å². The van der Waals surface area contributed by atoms with Crippen molar-refractivity contribution >= 4 is 34.9 Å². The van der Waals surface area contributed by atoms with Crippen molar-refractivity contribution in [3.05, 3.63) is 22.9 Å². The number of oxime groups is 1. The summed E-state index contributed by atoms with van der Waals surface area (Å²) in [6, 6.07) is 0. The Bertz CT molecular complexity index is 523. The number of carbonyl (C=O) groups is 1. The third-order valence-corrected chi connectivity index (χ3v) is 5.39. The molecule has 0 amide bonds. The van der Waals surface area contributed by atoms with Gasteiger partial charge in [-0.3, -0.25) is 4.79 Å². The molecule has 0 bridgehead atoms. The minimum absolute atomic E-state index is 0. The van der Waals surface area contributed by atoms with E-state index in [0.29, 0.717) is 30.2 Å². The second-order valence-electron chi connectivity index (χ2n) is 6.30. The van der Waals surface area contributed by atoms with E-state index in [4.69, 9.17) is 16.4 Å². The van der Waals surface area contributed by atoms with E-state index in [2.05, 4.69) is 25.9 Å². The fourth-order valence-electron chi connectivity index (χ4n) is 3.02. The van der Waals surface area contributed by atoms with Crippen LogP contribution in [0, 0.1) is 5.92 Å². The van der Waals surface area contributed by atoms with Gasteiger partial charge in [0.1, 0.15) is 6.61 Å². The molecule has 0 saturated heterocycles. The minimum Gasteiger partial charge on any atom is -0.875 e. The van der Waals surface area contributed by atoms with Crippen molar-refractivity contribution in [3.8, 4) is 0 Å². The Morgan fingerprint density at radius 1 is 1.46 bits per heavy atom. The number of Topliss-reactive ketones (excluding diaryl/α,β-unsaturated/α-hetero) is 1. The van der Waals surface area contributed by atoms with Crippen LogP contribution in [0.25, 0.3) is 0 Å². The second kappa shape index (κ2) is 14.7. The molecule has 0 radical (unpaired) electrons. The number of allylic oxidation sites excluding steroid dienone is 2. The molecule has 142 valence electrons. The van der Waals surface area contributed by atoms with Crippen molar-refractivity contribution < 1.29 is 33.6 Å². The summed E-state index contributed by atoms with van der Waals surface area (Å²) in [5, 5.41) is 17.1. The Kier molecular flexibility index (Phi) is 14.5. The molecule has 0 heterocycles. The number of ketones is 1. The number of carbonyl (C=O) groups excluding carboxylic acids is 1. The maximum Gasteiger partial charge on any atom is 1.00 e. The summed E-state index contributed by atoms with van der Waals surface area (Å²) in [4.78, 5) is 17.8. The Morgan fingerprint density at radius 3 is 2.77 bits per heavy atom. The molecule has 1 aliphatic rings. The van der Waals surface area contributed by atoms with Gasteiger partial charge in [0.2, 0.25) is 0 Å². The number of halogens is 1. The first kappa shape index (κ1) is 25.7. The molecule has 4 nitrogen and oxygen atoms in total. The average molecular weight is 394 g/mol. The van der Waals surface area contributed by atoms with Crippen LogP contribution in [0.5, 0.6) is 0 Å². The standard InChI is InChI=1S/C19H30ClNO3S.Li/c1-4-6-8-16(21-24-10-7-9-20)19-17(22)12-15(13-18(19)23)11-14(3)25-5-2;/h7,9,14-15,22H,4-6,8,10-13H2,1-3H3;/q;+1/p-1/b9-7+,21-16?;. The molecule has 0 fully saturated rings. The minimum atomic E-state index is -0.0821. The number of hydrogen-bond donors (Lipinski definition) is 0. The number of hydrogen-bond acceptors (Lipinski definition) is 5. The molecule has 0 aliphatic heterocycles. The molecule has 0 spiro atoms. The quantitative estimate of drug-likeness (QED) is 0.230. The number of nitrogens with zero attached hydrogens (tertiary/aromatic N) is 1. The van der Waals surface area contributed by atoms with Crippen LogP contribution in [0.4, 0.5) is 0 Å². The summed E-state index contributed by atoms with van der Waals surface area (Å²) in [5.41, 5.74) is 2.11.